The minimum Gasteiger partial charge on any atom is -0.318 e. The van der Waals surface area contributed by atoms with Gasteiger partial charge < -0.3 is 4.90 Å². The van der Waals surface area contributed by atoms with Crippen LogP contribution in [0.25, 0.3) is 15.8 Å². The molecule has 4 rings (SSSR count). The summed E-state index contributed by atoms with van der Waals surface area (Å²) in [7, 11) is 0. The number of rotatable bonds is 2. The maximum absolute atomic E-state index is 4.66. The number of benzene rings is 1. The minimum atomic E-state index is 0.537. The van der Waals surface area contributed by atoms with E-state index in [1.54, 1.807) is 0 Å². The first-order valence-electron chi connectivity index (χ1n) is 7.38. The summed E-state index contributed by atoms with van der Waals surface area (Å²) < 4.78 is 1.41. The van der Waals surface area contributed by atoms with Gasteiger partial charge in [0.15, 0.2) is 5.17 Å². The van der Waals surface area contributed by atoms with Gasteiger partial charge in [-0.15, -0.1) is 11.3 Å². The van der Waals surface area contributed by atoms with Crippen LogP contribution in [-0.2, 0) is 0 Å². The highest BCUT2D eigenvalue weighted by molar-refractivity contribution is 8.17. The van der Waals surface area contributed by atoms with Crippen LogP contribution in [0.1, 0.15) is 25.0 Å². The van der Waals surface area contributed by atoms with Crippen molar-refractivity contribution in [1.29, 1.82) is 0 Å². The molecule has 0 radical (unpaired) electrons. The molecular weight excluding hydrogens is 296 g/mol. The minimum absolute atomic E-state index is 0.537. The zero-order valence-electron chi connectivity index (χ0n) is 12.5. The van der Waals surface area contributed by atoms with Gasteiger partial charge in [-0.2, -0.15) is 0 Å². The van der Waals surface area contributed by atoms with Gasteiger partial charge in [0.2, 0.25) is 0 Å². The monoisotopic (exact) mass is 314 g/mol. The van der Waals surface area contributed by atoms with Gasteiger partial charge in [0.1, 0.15) is 0 Å². The zero-order valence-corrected chi connectivity index (χ0v) is 14.1. The number of hydrogen-bond acceptors (Lipinski definition) is 4. The van der Waals surface area contributed by atoms with Gasteiger partial charge in [-0.1, -0.05) is 43.8 Å². The van der Waals surface area contributed by atoms with Crippen molar-refractivity contribution < 1.29 is 0 Å². The molecule has 4 heteroatoms. The Hall–Kier alpha value is -1.26. The molecule has 2 nitrogen and oxygen atoms in total. The van der Waals surface area contributed by atoms with E-state index >= 15 is 0 Å². The van der Waals surface area contributed by atoms with Crippen LogP contribution in [0.5, 0.6) is 0 Å². The highest BCUT2D eigenvalue weighted by atomic mass is 32.2. The quantitative estimate of drug-likeness (QED) is 0.779. The second-order valence-electron chi connectivity index (χ2n) is 5.89. The fourth-order valence-electron chi connectivity index (χ4n) is 3.04. The zero-order chi connectivity index (χ0) is 14.6. The molecule has 1 aromatic heterocycles. The van der Waals surface area contributed by atoms with Gasteiger partial charge in [0, 0.05) is 21.7 Å². The SMILES string of the molecule is Cc1csc2c(C3=C(C(C)C)SC4=NCCN43)cccc12. The molecule has 108 valence electrons. The highest BCUT2D eigenvalue weighted by Gasteiger charge is 2.34. The number of allylic oxidation sites excluding steroid dienone is 1. The van der Waals surface area contributed by atoms with Gasteiger partial charge in [0.25, 0.3) is 0 Å². The molecule has 21 heavy (non-hydrogen) atoms. The topological polar surface area (TPSA) is 15.6 Å². The predicted octanol–water partition coefficient (Wildman–Crippen LogP) is 4.95. The third kappa shape index (κ3) is 1.96. The fourth-order valence-corrected chi connectivity index (χ4v) is 5.31. The van der Waals surface area contributed by atoms with Crippen LogP contribution in [0.3, 0.4) is 0 Å². The smallest absolute Gasteiger partial charge is 0.168 e. The molecule has 0 saturated heterocycles. The number of nitrogens with zero attached hydrogens (tertiary/aromatic N) is 2. The molecule has 0 amide bonds. The van der Waals surface area contributed by atoms with E-state index in [0.717, 1.165) is 13.1 Å². The first kappa shape index (κ1) is 13.4. The first-order valence-corrected chi connectivity index (χ1v) is 9.07. The van der Waals surface area contributed by atoms with Crippen LogP contribution in [0.4, 0.5) is 0 Å². The molecule has 2 aliphatic rings. The molecule has 2 aromatic rings. The number of fused-ring (bicyclic) bond motifs is 2. The molecule has 0 fully saturated rings. The highest BCUT2D eigenvalue weighted by Crippen LogP contribution is 2.47. The van der Waals surface area contributed by atoms with Gasteiger partial charge in [-0.25, -0.2) is 0 Å². The van der Waals surface area contributed by atoms with E-state index in [0.29, 0.717) is 5.92 Å². The van der Waals surface area contributed by atoms with Crippen LogP contribution < -0.4 is 0 Å². The molecule has 0 N–H and O–H groups in total. The van der Waals surface area contributed by atoms with Crippen molar-refractivity contribution in [2.45, 2.75) is 20.8 Å². The van der Waals surface area contributed by atoms with E-state index in [1.807, 2.05) is 23.1 Å². The maximum Gasteiger partial charge on any atom is 0.168 e. The van der Waals surface area contributed by atoms with Crippen molar-refractivity contribution in [3.63, 3.8) is 0 Å². The number of thiophene rings is 1. The van der Waals surface area contributed by atoms with Crippen molar-refractivity contribution >= 4 is 44.0 Å². The standard InChI is InChI=1S/C17H18N2S2/c1-10(2)15-14(19-8-7-18-17(19)21-15)13-6-4-5-12-11(3)9-20-16(12)13/h4-6,9-10H,7-8H2,1-3H3. The van der Waals surface area contributed by atoms with Crippen molar-refractivity contribution in [3.05, 3.63) is 39.6 Å². The average molecular weight is 314 g/mol. The van der Waals surface area contributed by atoms with Crippen LogP contribution in [0, 0.1) is 12.8 Å². The molecule has 1 aromatic carbocycles. The van der Waals surface area contributed by atoms with Crippen molar-refractivity contribution in [1.82, 2.24) is 4.90 Å². The Kier molecular flexibility index (Phi) is 3.12. The molecule has 3 heterocycles. The van der Waals surface area contributed by atoms with Gasteiger partial charge in [-0.05, 0) is 29.2 Å². The van der Waals surface area contributed by atoms with Crippen LogP contribution in [0.2, 0.25) is 0 Å². The summed E-state index contributed by atoms with van der Waals surface area (Å²) in [6, 6.07) is 6.71. The summed E-state index contributed by atoms with van der Waals surface area (Å²) in [5.74, 6) is 0.537. The lowest BCUT2D eigenvalue weighted by Gasteiger charge is -2.19. The van der Waals surface area contributed by atoms with Crippen molar-refractivity contribution in [2.75, 3.05) is 13.1 Å². The van der Waals surface area contributed by atoms with Crippen molar-refractivity contribution in [3.8, 4) is 0 Å². The van der Waals surface area contributed by atoms with E-state index in [2.05, 4.69) is 54.2 Å². The first-order chi connectivity index (χ1) is 10.2. The maximum atomic E-state index is 4.66. The normalized spacial score (nSPS) is 18.1. The van der Waals surface area contributed by atoms with Crippen LogP contribution in [-0.4, -0.2) is 23.2 Å². The second kappa shape index (κ2) is 4.89. The lowest BCUT2D eigenvalue weighted by Crippen LogP contribution is -2.20. The summed E-state index contributed by atoms with van der Waals surface area (Å²) >= 11 is 3.73. The van der Waals surface area contributed by atoms with E-state index in [-0.39, 0.29) is 0 Å². The van der Waals surface area contributed by atoms with Gasteiger partial charge >= 0.3 is 0 Å². The number of hydrogen-bond donors (Lipinski definition) is 0. The van der Waals surface area contributed by atoms with E-state index in [1.165, 1.54) is 37.0 Å². The molecular formula is C17H18N2S2. The van der Waals surface area contributed by atoms with Crippen molar-refractivity contribution in [2.24, 2.45) is 10.9 Å². The Bertz CT molecular complexity index is 783. The molecule has 0 aliphatic carbocycles. The third-order valence-electron chi connectivity index (χ3n) is 4.08. The van der Waals surface area contributed by atoms with Crippen LogP contribution >= 0.6 is 23.1 Å². The summed E-state index contributed by atoms with van der Waals surface area (Å²) in [6.07, 6.45) is 0. The van der Waals surface area contributed by atoms with Crippen LogP contribution in [0.15, 0.2) is 33.5 Å². The van der Waals surface area contributed by atoms with Gasteiger partial charge in [-0.3, -0.25) is 4.99 Å². The average Bonchev–Trinajstić information content (AvgIpc) is 3.12. The van der Waals surface area contributed by atoms with Gasteiger partial charge in [0.05, 0.1) is 12.2 Å². The predicted molar refractivity (Wildman–Crippen MR) is 94.9 cm³/mol. The summed E-state index contributed by atoms with van der Waals surface area (Å²) in [6.45, 7) is 8.72. The fraction of sp³-hybridized carbons (Fsp3) is 0.353. The number of aryl methyl sites for hydroxylation is 1. The number of aliphatic imine (C=N–C) groups is 1. The Morgan fingerprint density at radius 1 is 1.29 bits per heavy atom. The number of amidine groups is 1. The molecule has 0 saturated carbocycles. The lowest BCUT2D eigenvalue weighted by atomic mass is 10.0. The molecule has 0 spiro atoms. The van der Waals surface area contributed by atoms with E-state index < -0.39 is 0 Å². The largest absolute Gasteiger partial charge is 0.318 e. The Morgan fingerprint density at radius 2 is 2.14 bits per heavy atom. The summed E-state index contributed by atoms with van der Waals surface area (Å²) in [4.78, 5) is 8.54. The molecule has 0 unspecified atom stereocenters. The Balaban J connectivity index is 1.97. The van der Waals surface area contributed by atoms with E-state index in [9.17, 15) is 0 Å². The lowest BCUT2D eigenvalue weighted by molar-refractivity contribution is 0.641. The molecule has 0 atom stereocenters. The Morgan fingerprint density at radius 3 is 2.95 bits per heavy atom. The second-order valence-corrected chi connectivity index (χ2v) is 7.78. The Labute approximate surface area is 133 Å². The summed E-state index contributed by atoms with van der Waals surface area (Å²) in [5, 5.41) is 4.85. The third-order valence-corrected chi connectivity index (χ3v) is 6.64. The molecule has 0 bridgehead atoms. The molecule has 2 aliphatic heterocycles. The van der Waals surface area contributed by atoms with E-state index in [4.69, 9.17) is 0 Å². The number of thioether (sulfide) groups is 1. The summed E-state index contributed by atoms with van der Waals surface area (Å²) in [5.41, 5.74) is 4.16.